The number of pyridine rings is 1. The predicted octanol–water partition coefficient (Wildman–Crippen LogP) is 1.49. The molecule has 7 heteroatoms. The molecule has 0 saturated carbocycles. The normalized spacial score (nSPS) is 11.8. The van der Waals surface area contributed by atoms with Crippen molar-refractivity contribution in [1.29, 1.82) is 0 Å². The molecule has 0 atom stereocenters. The van der Waals surface area contributed by atoms with Gasteiger partial charge in [-0.25, -0.2) is 9.48 Å². The zero-order chi connectivity index (χ0) is 14.2. The number of hydrogen-bond acceptors (Lipinski definition) is 4. The van der Waals surface area contributed by atoms with Gasteiger partial charge >= 0.3 is 11.7 Å². The first-order valence-corrected chi connectivity index (χ1v) is 6.11. The lowest BCUT2D eigenvalue weighted by molar-refractivity contribution is -0.155. The fraction of sp³-hybridized carbons (Fsp3) is 0.417. The number of fused-ring (bicyclic) bond motifs is 1. The van der Waals surface area contributed by atoms with Gasteiger partial charge < -0.3 is 4.74 Å². The summed E-state index contributed by atoms with van der Waals surface area (Å²) in [4.78, 5) is 23.6. The Morgan fingerprint density at radius 1 is 1.47 bits per heavy atom. The van der Waals surface area contributed by atoms with Crippen molar-refractivity contribution in [2.75, 3.05) is 0 Å². The average Bonchev–Trinajstić information content (AvgIpc) is 2.52. The average molecular weight is 284 g/mol. The van der Waals surface area contributed by atoms with Crippen molar-refractivity contribution in [1.82, 2.24) is 14.2 Å². The highest BCUT2D eigenvalue weighted by Crippen LogP contribution is 2.10. The highest BCUT2D eigenvalue weighted by Gasteiger charge is 2.18. The highest BCUT2D eigenvalue weighted by molar-refractivity contribution is 6.30. The topological polar surface area (TPSA) is 65.6 Å². The zero-order valence-corrected chi connectivity index (χ0v) is 11.6. The quantitative estimate of drug-likeness (QED) is 0.783. The van der Waals surface area contributed by atoms with Gasteiger partial charge in [-0.15, -0.1) is 5.10 Å². The van der Waals surface area contributed by atoms with Gasteiger partial charge in [0.25, 0.3) is 0 Å². The minimum atomic E-state index is -0.594. The monoisotopic (exact) mass is 283 g/mol. The second-order valence-corrected chi connectivity index (χ2v) is 5.54. The van der Waals surface area contributed by atoms with E-state index >= 15 is 0 Å². The smallest absolute Gasteiger partial charge is 0.350 e. The van der Waals surface area contributed by atoms with Crippen molar-refractivity contribution in [2.45, 2.75) is 32.9 Å². The largest absolute Gasteiger partial charge is 0.459 e. The van der Waals surface area contributed by atoms with Crippen LogP contribution in [0.2, 0.25) is 5.02 Å². The number of aromatic nitrogens is 3. The number of nitrogens with zero attached hydrogens (tertiary/aromatic N) is 3. The summed E-state index contributed by atoms with van der Waals surface area (Å²) in [7, 11) is 0. The van der Waals surface area contributed by atoms with Crippen LogP contribution in [0.1, 0.15) is 20.8 Å². The Hall–Kier alpha value is -1.82. The van der Waals surface area contributed by atoms with E-state index in [-0.39, 0.29) is 6.54 Å². The van der Waals surface area contributed by atoms with E-state index < -0.39 is 17.3 Å². The predicted molar refractivity (Wildman–Crippen MR) is 70.3 cm³/mol. The maximum absolute atomic E-state index is 12.0. The molecule has 2 rings (SSSR count). The van der Waals surface area contributed by atoms with Crippen LogP contribution in [0.15, 0.2) is 23.1 Å². The fourth-order valence-corrected chi connectivity index (χ4v) is 1.75. The number of ether oxygens (including phenoxy) is 1. The van der Waals surface area contributed by atoms with E-state index in [4.69, 9.17) is 16.3 Å². The van der Waals surface area contributed by atoms with Gasteiger partial charge in [0.15, 0.2) is 5.65 Å². The number of halogens is 1. The summed E-state index contributed by atoms with van der Waals surface area (Å²) in [6.45, 7) is 5.06. The van der Waals surface area contributed by atoms with E-state index in [9.17, 15) is 9.59 Å². The molecule has 0 bridgehead atoms. The lowest BCUT2D eigenvalue weighted by Gasteiger charge is -2.19. The Morgan fingerprint density at radius 3 is 2.79 bits per heavy atom. The Morgan fingerprint density at radius 2 is 2.16 bits per heavy atom. The van der Waals surface area contributed by atoms with Crippen LogP contribution in [0, 0.1) is 0 Å². The van der Waals surface area contributed by atoms with Crippen molar-refractivity contribution in [3.63, 3.8) is 0 Å². The van der Waals surface area contributed by atoms with E-state index in [0.29, 0.717) is 10.7 Å². The van der Waals surface area contributed by atoms with Gasteiger partial charge in [0.1, 0.15) is 12.1 Å². The molecule has 0 fully saturated rings. The summed E-state index contributed by atoms with van der Waals surface area (Å²) in [5, 5.41) is 4.50. The molecule has 0 aromatic carbocycles. The van der Waals surface area contributed by atoms with E-state index in [1.165, 1.54) is 10.6 Å². The molecule has 2 aromatic heterocycles. The maximum Gasteiger partial charge on any atom is 0.350 e. The standard InChI is InChI=1S/C12H14ClN3O3/c1-12(2,3)19-10(17)7-16-11(18)15-5-4-8(13)6-9(15)14-16/h4-6H,7H2,1-3H3. The first kappa shape index (κ1) is 13.6. The van der Waals surface area contributed by atoms with Crippen LogP contribution in [-0.4, -0.2) is 25.8 Å². The molecule has 2 aromatic rings. The number of carbonyl (C=O) groups is 1. The maximum atomic E-state index is 12.0. The molecule has 0 unspecified atom stereocenters. The lowest BCUT2D eigenvalue weighted by atomic mass is 10.2. The van der Waals surface area contributed by atoms with Crippen LogP contribution in [0.3, 0.4) is 0 Å². The number of esters is 1. The molecule has 2 heterocycles. The SMILES string of the molecule is CC(C)(C)OC(=O)Cn1nc2cc(Cl)ccn2c1=O. The van der Waals surface area contributed by atoms with Gasteiger partial charge in [-0.05, 0) is 26.8 Å². The molecule has 0 aliphatic carbocycles. The fourth-order valence-electron chi connectivity index (χ4n) is 1.59. The van der Waals surface area contributed by atoms with Crippen LogP contribution in [0.5, 0.6) is 0 Å². The molecular weight excluding hydrogens is 270 g/mol. The summed E-state index contributed by atoms with van der Waals surface area (Å²) in [6.07, 6.45) is 1.51. The molecule has 0 amide bonds. The van der Waals surface area contributed by atoms with Crippen molar-refractivity contribution in [2.24, 2.45) is 0 Å². The molecule has 0 saturated heterocycles. The molecule has 0 radical (unpaired) electrons. The molecule has 0 aliphatic heterocycles. The molecule has 0 spiro atoms. The van der Waals surface area contributed by atoms with Gasteiger partial charge in [-0.2, -0.15) is 0 Å². The van der Waals surface area contributed by atoms with Gasteiger partial charge in [0, 0.05) is 17.3 Å². The van der Waals surface area contributed by atoms with Crippen LogP contribution in [0.25, 0.3) is 5.65 Å². The Kier molecular flexibility index (Phi) is 3.36. The van der Waals surface area contributed by atoms with E-state index in [1.54, 1.807) is 32.9 Å². The molecular formula is C12H14ClN3O3. The second kappa shape index (κ2) is 4.70. The molecule has 0 N–H and O–H groups in total. The number of rotatable bonds is 2. The second-order valence-electron chi connectivity index (χ2n) is 5.10. The third-order valence-electron chi connectivity index (χ3n) is 2.25. The van der Waals surface area contributed by atoms with Crippen LogP contribution >= 0.6 is 11.6 Å². The van der Waals surface area contributed by atoms with Gasteiger partial charge in [0.2, 0.25) is 0 Å². The van der Waals surface area contributed by atoms with Crippen LogP contribution in [0.4, 0.5) is 0 Å². The third-order valence-corrected chi connectivity index (χ3v) is 2.48. The number of carbonyl (C=O) groups excluding carboxylic acids is 1. The van der Waals surface area contributed by atoms with Crippen LogP contribution in [-0.2, 0) is 16.1 Å². The van der Waals surface area contributed by atoms with Crippen molar-refractivity contribution < 1.29 is 9.53 Å². The summed E-state index contributed by atoms with van der Waals surface area (Å²) in [6, 6.07) is 3.13. The lowest BCUT2D eigenvalue weighted by Crippen LogP contribution is -2.30. The first-order chi connectivity index (χ1) is 8.76. The van der Waals surface area contributed by atoms with Crippen molar-refractivity contribution in [3.05, 3.63) is 33.8 Å². The zero-order valence-electron chi connectivity index (χ0n) is 10.9. The van der Waals surface area contributed by atoms with Crippen molar-refractivity contribution in [3.8, 4) is 0 Å². The Balaban J connectivity index is 2.29. The van der Waals surface area contributed by atoms with Crippen LogP contribution < -0.4 is 5.69 Å². The molecule has 0 aliphatic rings. The molecule has 6 nitrogen and oxygen atoms in total. The summed E-state index contributed by atoms with van der Waals surface area (Å²) >= 11 is 5.82. The van der Waals surface area contributed by atoms with E-state index in [0.717, 1.165) is 4.68 Å². The Bertz CT molecular complexity index is 682. The van der Waals surface area contributed by atoms with Gasteiger partial charge in [0.05, 0.1) is 0 Å². The van der Waals surface area contributed by atoms with Crippen molar-refractivity contribution >= 4 is 23.2 Å². The van der Waals surface area contributed by atoms with Gasteiger partial charge in [-0.1, -0.05) is 11.6 Å². The molecule has 19 heavy (non-hydrogen) atoms. The minimum Gasteiger partial charge on any atom is -0.459 e. The Labute approximate surface area is 114 Å². The summed E-state index contributed by atoms with van der Waals surface area (Å²) in [5.74, 6) is -0.510. The number of hydrogen-bond donors (Lipinski definition) is 0. The summed E-state index contributed by atoms with van der Waals surface area (Å²) in [5.41, 5.74) is -0.609. The third kappa shape index (κ3) is 3.14. The minimum absolute atomic E-state index is 0.227. The van der Waals surface area contributed by atoms with E-state index in [2.05, 4.69) is 5.10 Å². The first-order valence-electron chi connectivity index (χ1n) is 5.73. The van der Waals surface area contributed by atoms with E-state index in [1.807, 2.05) is 0 Å². The summed E-state index contributed by atoms with van der Waals surface area (Å²) < 4.78 is 7.51. The highest BCUT2D eigenvalue weighted by atomic mass is 35.5. The molecule has 102 valence electrons. The van der Waals surface area contributed by atoms with Gasteiger partial charge in [-0.3, -0.25) is 9.20 Å².